The number of halogens is 2. The lowest BCUT2D eigenvalue weighted by molar-refractivity contribution is -0.110. The molecule has 1 aromatic carbocycles. The minimum Gasteiger partial charge on any atom is -0.396 e. The number of thiol groups is 1. The first-order chi connectivity index (χ1) is 6.02. The van der Waals surface area contributed by atoms with Gasteiger partial charge in [0.05, 0.1) is 5.69 Å². The zero-order valence-corrected chi connectivity index (χ0v) is 8.98. The van der Waals surface area contributed by atoms with Crippen molar-refractivity contribution in [3.05, 3.63) is 29.6 Å². The third kappa shape index (κ3) is 2.45. The molecule has 0 spiro atoms. The Kier molecular flexibility index (Phi) is 3.33. The Bertz CT molecular complexity index is 345. The van der Waals surface area contributed by atoms with Gasteiger partial charge in [0, 0.05) is 0 Å². The number of carbonyl (C=O) groups is 1. The van der Waals surface area contributed by atoms with Crippen LogP contribution in [0.5, 0.6) is 0 Å². The minimum absolute atomic E-state index is 0.0246. The molecule has 1 aromatic rings. The van der Waals surface area contributed by atoms with Crippen LogP contribution in [0.1, 0.15) is 10.4 Å². The van der Waals surface area contributed by atoms with Crippen LogP contribution in [0.2, 0.25) is 0 Å². The number of hydrogen-bond donors (Lipinski definition) is 2. The molecule has 0 aliphatic carbocycles. The predicted octanol–water partition coefficient (Wildman–Crippen LogP) is 2.30. The molecule has 0 fully saturated rings. The number of nitrogen functional groups attached to an aromatic ring is 1. The Labute approximate surface area is 88.9 Å². The fourth-order valence-electron chi connectivity index (χ4n) is 0.862. The summed E-state index contributed by atoms with van der Waals surface area (Å²) in [5.41, 5.74) is 5.95. The lowest BCUT2D eigenvalue weighted by atomic mass is 10.1. The molecule has 2 N–H and O–H groups in total. The number of anilines is 1. The molecule has 2 nitrogen and oxygen atoms in total. The first-order valence-corrected chi connectivity index (χ1v) is 4.80. The van der Waals surface area contributed by atoms with E-state index in [1.54, 1.807) is 0 Å². The average Bonchev–Trinajstić information content (AvgIpc) is 2.08. The number of carbonyl (C=O) groups excluding carboxylic acids is 1. The Morgan fingerprint density at radius 2 is 2.23 bits per heavy atom. The molecule has 1 unspecified atom stereocenters. The summed E-state index contributed by atoms with van der Waals surface area (Å²) in [6.07, 6.45) is 0. The van der Waals surface area contributed by atoms with Crippen LogP contribution >= 0.6 is 28.6 Å². The van der Waals surface area contributed by atoms with Crippen molar-refractivity contribution in [2.45, 2.75) is 4.83 Å². The summed E-state index contributed by atoms with van der Waals surface area (Å²) in [5, 5.41) is -0.342. The third-order valence-corrected chi connectivity index (χ3v) is 3.09. The van der Waals surface area contributed by atoms with Gasteiger partial charge in [0.1, 0.15) is 10.6 Å². The van der Waals surface area contributed by atoms with Crippen molar-refractivity contribution >= 4 is 39.4 Å². The van der Waals surface area contributed by atoms with E-state index in [4.69, 9.17) is 5.73 Å². The van der Waals surface area contributed by atoms with E-state index in [0.717, 1.165) is 0 Å². The van der Waals surface area contributed by atoms with Crippen molar-refractivity contribution in [2.75, 3.05) is 5.73 Å². The van der Waals surface area contributed by atoms with Crippen LogP contribution < -0.4 is 5.73 Å². The van der Waals surface area contributed by atoms with E-state index in [1.807, 2.05) is 0 Å². The van der Waals surface area contributed by atoms with Crippen LogP contribution in [-0.2, 0) is 4.79 Å². The first kappa shape index (κ1) is 10.5. The van der Waals surface area contributed by atoms with Gasteiger partial charge in [-0.05, 0) is 17.7 Å². The van der Waals surface area contributed by atoms with Crippen LogP contribution in [0.15, 0.2) is 18.2 Å². The summed E-state index contributed by atoms with van der Waals surface area (Å²) in [6.45, 7) is 0. The Hall–Kier alpha value is -0.550. The Morgan fingerprint density at radius 3 is 2.69 bits per heavy atom. The maximum Gasteiger partial charge on any atom is 0.203 e. The topological polar surface area (TPSA) is 43.1 Å². The monoisotopic (exact) mass is 263 g/mol. The summed E-state index contributed by atoms with van der Waals surface area (Å²) in [6, 6.07) is 4.11. The number of benzene rings is 1. The van der Waals surface area contributed by atoms with E-state index in [1.165, 1.54) is 18.2 Å². The molecule has 0 aliphatic rings. The molecule has 0 bridgehead atoms. The number of alkyl halides is 1. The van der Waals surface area contributed by atoms with Gasteiger partial charge >= 0.3 is 0 Å². The van der Waals surface area contributed by atoms with Crippen molar-refractivity contribution in [1.29, 1.82) is 0 Å². The van der Waals surface area contributed by atoms with Crippen molar-refractivity contribution in [1.82, 2.24) is 0 Å². The summed E-state index contributed by atoms with van der Waals surface area (Å²) in [7, 11) is 0. The SMILES string of the molecule is Nc1cc(C(Br)C(=O)S)ccc1F. The molecule has 70 valence electrons. The van der Waals surface area contributed by atoms with Crippen LogP contribution in [0, 0.1) is 5.82 Å². The van der Waals surface area contributed by atoms with Gasteiger partial charge < -0.3 is 5.73 Å². The lowest BCUT2D eigenvalue weighted by Crippen LogP contribution is -2.00. The molecule has 0 aromatic heterocycles. The van der Waals surface area contributed by atoms with E-state index >= 15 is 0 Å². The van der Waals surface area contributed by atoms with Crippen molar-refractivity contribution in [3.8, 4) is 0 Å². The van der Waals surface area contributed by atoms with Gasteiger partial charge in [-0.15, -0.1) is 12.6 Å². The smallest absolute Gasteiger partial charge is 0.203 e. The summed E-state index contributed by atoms with van der Waals surface area (Å²) < 4.78 is 12.7. The first-order valence-electron chi connectivity index (χ1n) is 3.44. The minimum atomic E-state index is -0.543. The quantitative estimate of drug-likeness (QED) is 0.489. The molecule has 0 amide bonds. The number of hydrogen-bond acceptors (Lipinski definition) is 2. The molecule has 1 atom stereocenters. The predicted molar refractivity (Wildman–Crippen MR) is 56.5 cm³/mol. The fourth-order valence-corrected chi connectivity index (χ4v) is 1.30. The van der Waals surface area contributed by atoms with E-state index in [2.05, 4.69) is 28.6 Å². The maximum atomic E-state index is 12.7. The van der Waals surface area contributed by atoms with Crippen molar-refractivity contribution in [2.24, 2.45) is 0 Å². The number of nitrogens with two attached hydrogens (primary N) is 1. The second-order valence-corrected chi connectivity index (χ2v) is 3.84. The zero-order chi connectivity index (χ0) is 10.0. The molecule has 0 saturated carbocycles. The van der Waals surface area contributed by atoms with Gasteiger partial charge in [-0.1, -0.05) is 22.0 Å². The molecule has 0 aliphatic heterocycles. The van der Waals surface area contributed by atoms with Crippen molar-refractivity contribution < 1.29 is 9.18 Å². The molecule has 1 rings (SSSR count). The van der Waals surface area contributed by atoms with Crippen LogP contribution in [0.3, 0.4) is 0 Å². The molecule has 0 heterocycles. The Balaban J connectivity index is 3.03. The van der Waals surface area contributed by atoms with Gasteiger partial charge in [0.15, 0.2) is 0 Å². The summed E-state index contributed by atoms with van der Waals surface area (Å²) in [4.78, 5) is 10.3. The fraction of sp³-hybridized carbons (Fsp3) is 0.125. The molecule has 0 radical (unpaired) electrons. The van der Waals surface area contributed by atoms with Gasteiger partial charge in [0.25, 0.3) is 0 Å². The molecule has 5 heteroatoms. The van der Waals surface area contributed by atoms with Crippen molar-refractivity contribution in [3.63, 3.8) is 0 Å². The maximum absolute atomic E-state index is 12.7. The largest absolute Gasteiger partial charge is 0.396 e. The molecule has 0 saturated heterocycles. The van der Waals surface area contributed by atoms with Crippen LogP contribution in [-0.4, -0.2) is 5.12 Å². The van der Waals surface area contributed by atoms with E-state index in [0.29, 0.717) is 5.56 Å². The van der Waals surface area contributed by atoms with E-state index in [9.17, 15) is 9.18 Å². The highest BCUT2D eigenvalue weighted by atomic mass is 79.9. The highest BCUT2D eigenvalue weighted by molar-refractivity contribution is 9.09. The molecular weight excluding hydrogens is 257 g/mol. The van der Waals surface area contributed by atoms with E-state index < -0.39 is 10.6 Å². The molecule has 13 heavy (non-hydrogen) atoms. The third-order valence-electron chi connectivity index (χ3n) is 1.53. The zero-order valence-electron chi connectivity index (χ0n) is 6.50. The lowest BCUT2D eigenvalue weighted by Gasteiger charge is -2.06. The second kappa shape index (κ2) is 4.11. The molecular formula is C8H7BrFNOS. The van der Waals surface area contributed by atoms with Gasteiger partial charge in [0.2, 0.25) is 5.12 Å². The standard InChI is InChI=1S/C8H7BrFNOS/c9-7(8(12)13)4-1-2-5(10)6(11)3-4/h1-3,7H,11H2,(H,12,13). The van der Waals surface area contributed by atoms with Gasteiger partial charge in [-0.25, -0.2) is 4.39 Å². The van der Waals surface area contributed by atoms with E-state index in [-0.39, 0.29) is 10.8 Å². The van der Waals surface area contributed by atoms with Crippen LogP contribution in [0.4, 0.5) is 10.1 Å². The summed E-state index contributed by atoms with van der Waals surface area (Å²) >= 11 is 6.75. The van der Waals surface area contributed by atoms with Gasteiger partial charge in [-0.2, -0.15) is 0 Å². The summed E-state index contributed by atoms with van der Waals surface area (Å²) in [5.74, 6) is -0.491. The normalized spacial score (nSPS) is 12.5. The second-order valence-electron chi connectivity index (χ2n) is 2.48. The average molecular weight is 264 g/mol. The van der Waals surface area contributed by atoms with Gasteiger partial charge in [-0.3, -0.25) is 4.79 Å². The Morgan fingerprint density at radius 1 is 1.62 bits per heavy atom. The van der Waals surface area contributed by atoms with Crippen LogP contribution in [0.25, 0.3) is 0 Å². The highest BCUT2D eigenvalue weighted by Gasteiger charge is 2.14. The number of rotatable bonds is 2. The highest BCUT2D eigenvalue weighted by Crippen LogP contribution is 2.27.